The van der Waals surface area contributed by atoms with Gasteiger partial charge in [0.05, 0.1) is 27.0 Å². The first-order valence-electron chi connectivity index (χ1n) is 7.77. The van der Waals surface area contributed by atoms with E-state index in [9.17, 15) is 14.4 Å². The van der Waals surface area contributed by atoms with Crippen LogP contribution in [0.15, 0.2) is 45.0 Å². The van der Waals surface area contributed by atoms with Gasteiger partial charge in [-0.15, -0.1) is 0 Å². The zero-order valence-electron chi connectivity index (χ0n) is 14.4. The smallest absolute Gasteiger partial charge is 0.331 e. The molecule has 3 rings (SSSR count). The Morgan fingerprint density at radius 2 is 1.89 bits per heavy atom. The summed E-state index contributed by atoms with van der Waals surface area (Å²) in [4.78, 5) is 37.9. The molecule has 1 aliphatic heterocycles. The Morgan fingerprint density at radius 1 is 1.19 bits per heavy atom. The van der Waals surface area contributed by atoms with Crippen molar-refractivity contribution in [1.82, 2.24) is 10.2 Å². The number of benzene rings is 1. The van der Waals surface area contributed by atoms with Gasteiger partial charge in [-0.2, -0.15) is 0 Å². The second-order valence-electron chi connectivity index (χ2n) is 5.52. The summed E-state index contributed by atoms with van der Waals surface area (Å²) in [6.07, 6.45) is 2.82. The Kier molecular flexibility index (Phi) is 5.31. The number of hydrogen-bond acceptors (Lipinski definition) is 6. The SMILES string of the molecule is COc1cc(Br)c(C=C2C(=O)NC(=O)N(Cc3ccco3)C2=O)cc1OC. The van der Waals surface area contributed by atoms with Gasteiger partial charge < -0.3 is 13.9 Å². The molecule has 4 amide bonds. The zero-order valence-corrected chi connectivity index (χ0v) is 16.0. The first kappa shape index (κ1) is 18.7. The summed E-state index contributed by atoms with van der Waals surface area (Å²) in [6, 6.07) is 5.74. The highest BCUT2D eigenvalue weighted by Crippen LogP contribution is 2.34. The van der Waals surface area contributed by atoms with E-state index in [1.54, 1.807) is 24.3 Å². The number of carbonyl (C=O) groups is 3. The number of ether oxygens (including phenoxy) is 2. The fourth-order valence-corrected chi connectivity index (χ4v) is 2.97. The van der Waals surface area contributed by atoms with E-state index < -0.39 is 17.8 Å². The maximum atomic E-state index is 12.7. The molecule has 27 heavy (non-hydrogen) atoms. The highest BCUT2D eigenvalue weighted by atomic mass is 79.9. The van der Waals surface area contributed by atoms with Crippen LogP contribution in [-0.2, 0) is 16.1 Å². The number of methoxy groups -OCH3 is 2. The minimum absolute atomic E-state index is 0.0879. The van der Waals surface area contributed by atoms with Crippen LogP contribution in [0.5, 0.6) is 11.5 Å². The summed E-state index contributed by atoms with van der Waals surface area (Å²) in [5, 5.41) is 2.16. The van der Waals surface area contributed by atoms with E-state index >= 15 is 0 Å². The minimum atomic E-state index is -0.801. The molecule has 0 bridgehead atoms. The molecule has 2 heterocycles. The summed E-state index contributed by atoms with van der Waals surface area (Å²) < 4.78 is 16.2. The lowest BCUT2D eigenvalue weighted by Crippen LogP contribution is -2.53. The molecule has 1 aliphatic rings. The maximum Gasteiger partial charge on any atom is 0.331 e. The minimum Gasteiger partial charge on any atom is -0.493 e. The number of nitrogens with one attached hydrogen (secondary N) is 1. The van der Waals surface area contributed by atoms with Crippen molar-refractivity contribution in [2.45, 2.75) is 6.54 Å². The van der Waals surface area contributed by atoms with Crippen molar-refractivity contribution in [3.63, 3.8) is 0 Å². The molecule has 0 saturated carbocycles. The number of nitrogens with zero attached hydrogens (tertiary/aromatic N) is 1. The maximum absolute atomic E-state index is 12.7. The highest BCUT2D eigenvalue weighted by molar-refractivity contribution is 9.10. The van der Waals surface area contributed by atoms with Crippen LogP contribution < -0.4 is 14.8 Å². The molecular weight excluding hydrogens is 420 g/mol. The van der Waals surface area contributed by atoms with E-state index in [-0.39, 0.29) is 12.1 Å². The van der Waals surface area contributed by atoms with Crippen LogP contribution in [0.3, 0.4) is 0 Å². The first-order chi connectivity index (χ1) is 12.9. The van der Waals surface area contributed by atoms with Gasteiger partial charge in [0.1, 0.15) is 11.3 Å². The molecule has 9 heteroatoms. The van der Waals surface area contributed by atoms with Crippen LogP contribution in [0.4, 0.5) is 4.79 Å². The lowest BCUT2D eigenvalue weighted by atomic mass is 10.1. The normalized spacial score (nSPS) is 15.9. The Morgan fingerprint density at radius 3 is 2.52 bits per heavy atom. The largest absolute Gasteiger partial charge is 0.493 e. The summed E-state index contributed by atoms with van der Waals surface area (Å²) >= 11 is 3.37. The van der Waals surface area contributed by atoms with Crippen molar-refractivity contribution in [2.24, 2.45) is 0 Å². The lowest BCUT2D eigenvalue weighted by molar-refractivity contribution is -0.130. The van der Waals surface area contributed by atoms with Gasteiger partial charge in [-0.1, -0.05) is 15.9 Å². The van der Waals surface area contributed by atoms with Crippen LogP contribution in [-0.4, -0.2) is 37.0 Å². The summed E-state index contributed by atoms with van der Waals surface area (Å²) in [5.74, 6) is -0.163. The molecule has 2 aromatic rings. The summed E-state index contributed by atoms with van der Waals surface area (Å²) in [5.41, 5.74) is 0.326. The molecule has 0 atom stereocenters. The number of imide groups is 2. The Balaban J connectivity index is 1.98. The van der Waals surface area contributed by atoms with E-state index in [1.165, 1.54) is 26.6 Å². The molecule has 140 valence electrons. The molecular formula is C18H15BrN2O6. The molecule has 1 aromatic heterocycles. The van der Waals surface area contributed by atoms with Gasteiger partial charge >= 0.3 is 6.03 Å². The molecule has 0 radical (unpaired) electrons. The second kappa shape index (κ2) is 7.67. The average molecular weight is 435 g/mol. The second-order valence-corrected chi connectivity index (χ2v) is 6.37. The highest BCUT2D eigenvalue weighted by Gasteiger charge is 2.36. The predicted molar refractivity (Wildman–Crippen MR) is 98.0 cm³/mol. The third kappa shape index (κ3) is 3.72. The van der Waals surface area contributed by atoms with Crippen molar-refractivity contribution >= 4 is 39.9 Å². The number of carbonyl (C=O) groups excluding carboxylic acids is 3. The fraction of sp³-hybridized carbons (Fsp3) is 0.167. The predicted octanol–water partition coefficient (Wildman–Crippen LogP) is 2.72. The summed E-state index contributed by atoms with van der Waals surface area (Å²) in [6.45, 7) is -0.0879. The number of rotatable bonds is 5. The van der Waals surface area contributed by atoms with Crippen LogP contribution in [0, 0.1) is 0 Å². The van der Waals surface area contributed by atoms with Gasteiger partial charge in [-0.3, -0.25) is 19.8 Å². The lowest BCUT2D eigenvalue weighted by Gasteiger charge is -2.25. The molecule has 1 N–H and O–H groups in total. The van der Waals surface area contributed by atoms with Gasteiger partial charge in [0.25, 0.3) is 11.8 Å². The summed E-state index contributed by atoms with van der Waals surface area (Å²) in [7, 11) is 2.98. The fourth-order valence-electron chi connectivity index (χ4n) is 2.53. The van der Waals surface area contributed by atoms with Gasteiger partial charge in [0.2, 0.25) is 0 Å². The number of urea groups is 1. The number of furan rings is 1. The third-order valence-electron chi connectivity index (χ3n) is 3.88. The number of halogens is 1. The molecule has 1 aromatic carbocycles. The Labute approximate surface area is 162 Å². The van der Waals surface area contributed by atoms with Gasteiger partial charge in [0, 0.05) is 4.47 Å². The topological polar surface area (TPSA) is 98.1 Å². The van der Waals surface area contributed by atoms with E-state index in [0.29, 0.717) is 27.3 Å². The molecule has 8 nitrogen and oxygen atoms in total. The van der Waals surface area contributed by atoms with Crippen LogP contribution in [0.25, 0.3) is 6.08 Å². The molecule has 0 aliphatic carbocycles. The standard InChI is InChI=1S/C18H15BrN2O6/c1-25-14-7-10(13(19)8-15(14)26-2)6-12-16(22)20-18(24)21(17(12)23)9-11-4-3-5-27-11/h3-8H,9H2,1-2H3,(H,20,22,24). The van der Waals surface area contributed by atoms with Gasteiger partial charge in [-0.05, 0) is 35.9 Å². The third-order valence-corrected chi connectivity index (χ3v) is 4.57. The first-order valence-corrected chi connectivity index (χ1v) is 8.56. The molecule has 0 spiro atoms. The van der Waals surface area contributed by atoms with Crippen molar-refractivity contribution in [1.29, 1.82) is 0 Å². The van der Waals surface area contributed by atoms with Crippen molar-refractivity contribution in [3.8, 4) is 11.5 Å². The van der Waals surface area contributed by atoms with Gasteiger partial charge in [-0.25, -0.2) is 4.79 Å². The van der Waals surface area contributed by atoms with Crippen molar-refractivity contribution in [2.75, 3.05) is 14.2 Å². The number of amides is 4. The van der Waals surface area contributed by atoms with Crippen molar-refractivity contribution < 1.29 is 28.3 Å². The van der Waals surface area contributed by atoms with Gasteiger partial charge in [0.15, 0.2) is 11.5 Å². The number of barbiturate groups is 1. The van der Waals surface area contributed by atoms with E-state index in [4.69, 9.17) is 13.9 Å². The van der Waals surface area contributed by atoms with Crippen LogP contribution in [0.2, 0.25) is 0 Å². The molecule has 1 saturated heterocycles. The van der Waals surface area contributed by atoms with E-state index in [0.717, 1.165) is 4.90 Å². The quantitative estimate of drug-likeness (QED) is 0.573. The van der Waals surface area contributed by atoms with Crippen LogP contribution in [0.1, 0.15) is 11.3 Å². The molecule has 0 unspecified atom stereocenters. The van der Waals surface area contributed by atoms with E-state index in [2.05, 4.69) is 21.2 Å². The Bertz CT molecular complexity index is 936. The average Bonchev–Trinajstić information content (AvgIpc) is 3.16. The number of hydrogen-bond donors (Lipinski definition) is 1. The molecule has 1 fully saturated rings. The monoisotopic (exact) mass is 434 g/mol. The zero-order chi connectivity index (χ0) is 19.6. The van der Waals surface area contributed by atoms with Crippen molar-refractivity contribution in [3.05, 3.63) is 51.9 Å². The van der Waals surface area contributed by atoms with E-state index in [1.807, 2.05) is 0 Å². The van der Waals surface area contributed by atoms with Crippen LogP contribution >= 0.6 is 15.9 Å². The Hall–Kier alpha value is -3.07.